The van der Waals surface area contributed by atoms with Crippen molar-refractivity contribution in [3.63, 3.8) is 0 Å². The van der Waals surface area contributed by atoms with Gasteiger partial charge in [0.2, 0.25) is 0 Å². The average molecular weight is 251 g/mol. The van der Waals surface area contributed by atoms with Gasteiger partial charge in [-0.2, -0.15) is 0 Å². The summed E-state index contributed by atoms with van der Waals surface area (Å²) in [5, 5.41) is 0. The van der Waals surface area contributed by atoms with E-state index in [1.54, 1.807) is 0 Å². The number of carbonyl (C=O) groups excluding carboxylic acids is 1. The maximum Gasteiger partial charge on any atom is 0.183 e. The van der Waals surface area contributed by atoms with Crippen molar-refractivity contribution in [2.24, 2.45) is 10.8 Å². The van der Waals surface area contributed by atoms with Crippen molar-refractivity contribution < 1.29 is 4.79 Å². The van der Waals surface area contributed by atoms with Crippen molar-refractivity contribution in [2.45, 2.75) is 67.3 Å². The largest absolute Gasteiger partial charge is 0.367 e. The van der Waals surface area contributed by atoms with Crippen LogP contribution < -0.4 is 0 Å². The van der Waals surface area contributed by atoms with Crippen LogP contribution in [0.1, 0.15) is 61.3 Å². The molecule has 0 aliphatic carbocycles. The molecule has 104 valence electrons. The summed E-state index contributed by atoms with van der Waals surface area (Å²) in [4.78, 5) is 14.9. The van der Waals surface area contributed by atoms with Gasteiger partial charge in [0.25, 0.3) is 0 Å². The third-order valence-electron chi connectivity index (χ3n) is 3.63. The van der Waals surface area contributed by atoms with Gasteiger partial charge in [-0.25, -0.2) is 0 Å². The number of carbonyl (C=O) groups is 1. The zero-order valence-electron chi connectivity index (χ0n) is 13.3. The number of likely N-dealkylation sites (N-methyl/N-ethyl adjacent to an activating group) is 1. The summed E-state index contributed by atoms with van der Waals surface area (Å²) in [6.07, 6.45) is 2.00. The highest BCUT2D eigenvalue weighted by Gasteiger charge is 2.44. The fourth-order valence-corrected chi connectivity index (χ4v) is 3.02. The number of nitrogens with zero attached hydrogens (tertiary/aromatic N) is 1. The molecule has 0 aromatic rings. The Balaban J connectivity index is 3.34. The maximum atomic E-state index is 12.7. The number of hydrogen-bond donors (Lipinski definition) is 0. The molecule has 1 aliphatic heterocycles. The molecular formula is C16H29NO. The van der Waals surface area contributed by atoms with Crippen LogP contribution in [0, 0.1) is 10.8 Å². The zero-order valence-corrected chi connectivity index (χ0v) is 13.3. The van der Waals surface area contributed by atoms with E-state index in [1.165, 1.54) is 5.70 Å². The number of rotatable bonds is 2. The standard InChI is InChI=1S/C16H29NO/c1-9-10-11-13(18)12(15(2,3)4)14(17(11)8)16(5,6)7/h11H,9-10H2,1-8H3. The van der Waals surface area contributed by atoms with Gasteiger partial charge < -0.3 is 4.90 Å². The van der Waals surface area contributed by atoms with E-state index in [-0.39, 0.29) is 16.9 Å². The Morgan fingerprint density at radius 3 is 1.83 bits per heavy atom. The molecule has 0 amide bonds. The van der Waals surface area contributed by atoms with Gasteiger partial charge >= 0.3 is 0 Å². The lowest BCUT2D eigenvalue weighted by Gasteiger charge is -2.33. The summed E-state index contributed by atoms with van der Waals surface area (Å²) in [6, 6.07) is 0.0541. The zero-order chi connectivity index (χ0) is 14.3. The minimum Gasteiger partial charge on any atom is -0.367 e. The van der Waals surface area contributed by atoms with Crippen molar-refractivity contribution in [2.75, 3.05) is 7.05 Å². The molecule has 0 saturated heterocycles. The molecule has 0 aromatic heterocycles. The normalized spacial score (nSPS) is 22.1. The van der Waals surface area contributed by atoms with E-state index in [0.717, 1.165) is 18.4 Å². The van der Waals surface area contributed by atoms with Crippen LogP contribution in [0.4, 0.5) is 0 Å². The maximum absolute atomic E-state index is 12.7. The van der Waals surface area contributed by atoms with Crippen LogP contribution in [0.3, 0.4) is 0 Å². The topological polar surface area (TPSA) is 20.3 Å². The van der Waals surface area contributed by atoms with Gasteiger partial charge in [-0.3, -0.25) is 4.79 Å². The molecule has 2 nitrogen and oxygen atoms in total. The predicted molar refractivity (Wildman–Crippen MR) is 77.4 cm³/mol. The first-order chi connectivity index (χ1) is 8.01. The minimum absolute atomic E-state index is 0.0233. The van der Waals surface area contributed by atoms with Gasteiger partial charge in [0.15, 0.2) is 5.78 Å². The Hall–Kier alpha value is -0.790. The highest BCUT2D eigenvalue weighted by molar-refractivity contribution is 6.03. The summed E-state index contributed by atoms with van der Waals surface area (Å²) in [6.45, 7) is 15.2. The second-order valence-electron chi connectivity index (χ2n) is 7.50. The quantitative estimate of drug-likeness (QED) is 0.739. The Labute approximate surface area is 112 Å². The summed E-state index contributed by atoms with van der Waals surface area (Å²) in [7, 11) is 2.08. The molecule has 2 heteroatoms. The highest BCUT2D eigenvalue weighted by atomic mass is 16.1. The first-order valence-electron chi connectivity index (χ1n) is 7.04. The van der Waals surface area contributed by atoms with Crippen molar-refractivity contribution >= 4 is 5.78 Å². The van der Waals surface area contributed by atoms with E-state index in [1.807, 2.05) is 0 Å². The summed E-state index contributed by atoms with van der Waals surface area (Å²) < 4.78 is 0. The van der Waals surface area contributed by atoms with E-state index in [0.29, 0.717) is 5.78 Å². The summed E-state index contributed by atoms with van der Waals surface area (Å²) in [5.74, 6) is 0.344. The van der Waals surface area contributed by atoms with Crippen LogP contribution >= 0.6 is 0 Å². The Morgan fingerprint density at radius 1 is 1.06 bits per heavy atom. The fraction of sp³-hybridized carbons (Fsp3) is 0.812. The molecule has 0 N–H and O–H groups in total. The molecule has 0 radical (unpaired) electrons. The van der Waals surface area contributed by atoms with Crippen molar-refractivity contribution in [1.82, 2.24) is 4.90 Å². The molecule has 1 aliphatic rings. The summed E-state index contributed by atoms with van der Waals surface area (Å²) in [5.41, 5.74) is 2.22. The second kappa shape index (κ2) is 4.71. The highest BCUT2D eigenvalue weighted by Crippen LogP contribution is 2.44. The predicted octanol–water partition coefficient (Wildman–Crippen LogP) is 4.02. The van der Waals surface area contributed by atoms with Gasteiger partial charge in [0.05, 0.1) is 6.04 Å². The Morgan fingerprint density at radius 2 is 1.56 bits per heavy atom. The number of Topliss-reactive ketones (excluding diaryl/α,β-unsaturated/α-hetero) is 1. The Kier molecular flexibility index (Phi) is 4.00. The molecule has 1 rings (SSSR count). The van der Waals surface area contributed by atoms with Crippen LogP contribution in [0.15, 0.2) is 11.3 Å². The van der Waals surface area contributed by atoms with E-state index in [4.69, 9.17) is 0 Å². The third kappa shape index (κ3) is 2.62. The van der Waals surface area contributed by atoms with E-state index in [9.17, 15) is 4.79 Å². The molecule has 18 heavy (non-hydrogen) atoms. The average Bonchev–Trinajstić information content (AvgIpc) is 2.40. The smallest absolute Gasteiger partial charge is 0.183 e. The lowest BCUT2D eigenvalue weighted by Crippen LogP contribution is -2.34. The molecule has 1 atom stereocenters. The van der Waals surface area contributed by atoms with E-state index in [2.05, 4.69) is 60.4 Å². The molecule has 0 fully saturated rings. The van der Waals surface area contributed by atoms with Crippen LogP contribution in [0.5, 0.6) is 0 Å². The molecule has 0 bridgehead atoms. The van der Waals surface area contributed by atoms with Gasteiger partial charge in [-0.05, 0) is 11.8 Å². The van der Waals surface area contributed by atoms with Gasteiger partial charge in [-0.1, -0.05) is 54.9 Å². The van der Waals surface area contributed by atoms with Gasteiger partial charge in [0.1, 0.15) is 0 Å². The number of ketones is 1. The molecular weight excluding hydrogens is 222 g/mol. The number of allylic oxidation sites excluding steroid dienone is 1. The van der Waals surface area contributed by atoms with Crippen molar-refractivity contribution in [3.8, 4) is 0 Å². The lowest BCUT2D eigenvalue weighted by molar-refractivity contribution is -0.119. The molecule has 1 heterocycles. The Bertz CT molecular complexity index is 366. The van der Waals surface area contributed by atoms with Crippen molar-refractivity contribution in [1.29, 1.82) is 0 Å². The van der Waals surface area contributed by atoms with E-state index < -0.39 is 0 Å². The first kappa shape index (κ1) is 15.3. The van der Waals surface area contributed by atoms with E-state index >= 15 is 0 Å². The fourth-order valence-electron chi connectivity index (χ4n) is 3.02. The summed E-state index contributed by atoms with van der Waals surface area (Å²) >= 11 is 0. The first-order valence-corrected chi connectivity index (χ1v) is 7.04. The SMILES string of the molecule is CCCC1C(=O)C(C(C)(C)C)=C(C(C)(C)C)N1C. The second-order valence-corrected chi connectivity index (χ2v) is 7.50. The van der Waals surface area contributed by atoms with Crippen LogP contribution in [-0.4, -0.2) is 23.8 Å². The molecule has 0 aromatic carbocycles. The monoisotopic (exact) mass is 251 g/mol. The number of hydrogen-bond acceptors (Lipinski definition) is 2. The minimum atomic E-state index is -0.0730. The molecule has 0 saturated carbocycles. The van der Waals surface area contributed by atoms with Gasteiger partial charge in [-0.15, -0.1) is 0 Å². The van der Waals surface area contributed by atoms with Crippen LogP contribution in [0.2, 0.25) is 0 Å². The van der Waals surface area contributed by atoms with Gasteiger partial charge in [0, 0.05) is 23.7 Å². The van der Waals surface area contributed by atoms with Crippen LogP contribution in [-0.2, 0) is 4.79 Å². The third-order valence-corrected chi connectivity index (χ3v) is 3.63. The molecule has 0 spiro atoms. The lowest BCUT2D eigenvalue weighted by atomic mass is 9.78. The van der Waals surface area contributed by atoms with Crippen LogP contribution in [0.25, 0.3) is 0 Å². The molecule has 1 unspecified atom stereocenters. The van der Waals surface area contributed by atoms with Crippen molar-refractivity contribution in [3.05, 3.63) is 11.3 Å².